The molecule has 1 unspecified atom stereocenters. The predicted octanol–water partition coefficient (Wildman–Crippen LogP) is 4.15. The van der Waals surface area contributed by atoms with E-state index in [4.69, 9.17) is 9.73 Å². The maximum atomic E-state index is 12.1. The first-order valence-electron chi connectivity index (χ1n) is 8.41. The molecule has 1 aromatic carbocycles. The topological polar surface area (TPSA) is 43.6 Å². The molecule has 0 bridgehead atoms. The van der Waals surface area contributed by atoms with Crippen LogP contribution in [0.15, 0.2) is 35.5 Å². The quantitative estimate of drug-likeness (QED) is 0.707. The van der Waals surface area contributed by atoms with Crippen molar-refractivity contribution in [2.24, 2.45) is 18.0 Å². The summed E-state index contributed by atoms with van der Waals surface area (Å²) in [5.41, 5.74) is 1.73. The molecule has 0 N–H and O–H groups in total. The van der Waals surface area contributed by atoms with E-state index >= 15 is 0 Å². The number of para-hydroxylation sites is 1. The Morgan fingerprint density at radius 1 is 1.38 bits per heavy atom. The van der Waals surface area contributed by atoms with Crippen molar-refractivity contribution in [3.8, 4) is 0 Å². The van der Waals surface area contributed by atoms with Crippen LogP contribution in [0.3, 0.4) is 0 Å². The molecule has 0 aliphatic heterocycles. The van der Waals surface area contributed by atoms with E-state index in [-0.39, 0.29) is 12.4 Å². The first-order valence-corrected chi connectivity index (χ1v) is 9.22. The van der Waals surface area contributed by atoms with Gasteiger partial charge in [0.15, 0.2) is 4.80 Å². The first kappa shape index (κ1) is 18.5. The van der Waals surface area contributed by atoms with Crippen LogP contribution >= 0.6 is 11.3 Å². The molecule has 0 radical (unpaired) electrons. The van der Waals surface area contributed by atoms with Crippen molar-refractivity contribution in [3.63, 3.8) is 0 Å². The molecule has 2 rings (SSSR count). The van der Waals surface area contributed by atoms with Gasteiger partial charge in [0, 0.05) is 18.1 Å². The van der Waals surface area contributed by atoms with Crippen LogP contribution in [-0.2, 0) is 23.0 Å². The van der Waals surface area contributed by atoms with E-state index in [0.29, 0.717) is 12.5 Å². The lowest BCUT2D eigenvalue weighted by Gasteiger charge is -2.11. The monoisotopic (exact) mass is 346 g/mol. The number of thiazole rings is 1. The van der Waals surface area contributed by atoms with Gasteiger partial charge in [0.1, 0.15) is 0 Å². The van der Waals surface area contributed by atoms with E-state index in [1.807, 2.05) is 35.9 Å². The second kappa shape index (κ2) is 8.83. The van der Waals surface area contributed by atoms with Gasteiger partial charge >= 0.3 is 5.97 Å². The fourth-order valence-corrected chi connectivity index (χ4v) is 3.40. The summed E-state index contributed by atoms with van der Waals surface area (Å²) in [5.74, 6) is 0.222. The molecule has 0 saturated carbocycles. The fraction of sp³-hybridized carbons (Fsp3) is 0.474. The van der Waals surface area contributed by atoms with E-state index < -0.39 is 0 Å². The number of nitrogens with zero attached hydrogens (tertiary/aromatic N) is 2. The molecular weight excluding hydrogens is 320 g/mol. The molecule has 4 nitrogen and oxygen atoms in total. The number of esters is 1. The Kier molecular flexibility index (Phi) is 6.79. The Morgan fingerprint density at radius 3 is 2.79 bits per heavy atom. The summed E-state index contributed by atoms with van der Waals surface area (Å²) in [4.78, 5) is 19.0. The van der Waals surface area contributed by atoms with E-state index in [1.54, 1.807) is 11.3 Å². The first-order chi connectivity index (χ1) is 11.5. The van der Waals surface area contributed by atoms with Gasteiger partial charge in [-0.05, 0) is 30.9 Å². The minimum Gasteiger partial charge on any atom is -0.465 e. The van der Waals surface area contributed by atoms with Crippen molar-refractivity contribution in [2.45, 2.75) is 40.0 Å². The third kappa shape index (κ3) is 5.34. The molecule has 0 fully saturated rings. The van der Waals surface area contributed by atoms with Gasteiger partial charge in [0.05, 0.1) is 18.7 Å². The molecule has 0 aliphatic rings. The van der Waals surface area contributed by atoms with Gasteiger partial charge in [0.25, 0.3) is 0 Å². The van der Waals surface area contributed by atoms with Crippen molar-refractivity contribution < 1.29 is 9.53 Å². The molecule has 5 heteroatoms. The lowest BCUT2D eigenvalue weighted by atomic mass is 10.1. The van der Waals surface area contributed by atoms with Crippen LogP contribution in [0.5, 0.6) is 0 Å². The summed E-state index contributed by atoms with van der Waals surface area (Å²) < 4.78 is 7.41. The summed E-state index contributed by atoms with van der Waals surface area (Å²) in [6.07, 6.45) is 4.49. The number of aromatic nitrogens is 1. The van der Waals surface area contributed by atoms with Crippen LogP contribution in [0.1, 0.15) is 37.1 Å². The lowest BCUT2D eigenvalue weighted by molar-refractivity contribution is -0.144. The van der Waals surface area contributed by atoms with Crippen LogP contribution in [0.4, 0.5) is 5.69 Å². The standard InChI is InChI=1S/C19H26N2O2S/c1-5-8-14(2)13-23-18(22)11-16-9-6-7-10-17(16)20-19-21(4)12-15(3)24-19/h6-7,9-10,12,14H,5,8,11,13H2,1-4H3. The molecule has 130 valence electrons. The number of ether oxygens (including phenoxy) is 1. The second-order valence-electron chi connectivity index (χ2n) is 6.23. The average Bonchev–Trinajstić information content (AvgIpc) is 2.85. The van der Waals surface area contributed by atoms with E-state index in [1.165, 1.54) is 4.88 Å². The summed E-state index contributed by atoms with van der Waals surface area (Å²) in [6, 6.07) is 7.76. The van der Waals surface area contributed by atoms with Gasteiger partial charge in [-0.15, -0.1) is 11.3 Å². The Labute approximate surface area is 147 Å². The number of hydrogen-bond acceptors (Lipinski definition) is 4. The smallest absolute Gasteiger partial charge is 0.310 e. The normalized spacial score (nSPS) is 13.1. The van der Waals surface area contributed by atoms with Crippen LogP contribution in [-0.4, -0.2) is 17.1 Å². The van der Waals surface area contributed by atoms with Crippen LogP contribution in [0, 0.1) is 12.8 Å². The van der Waals surface area contributed by atoms with Gasteiger partial charge in [-0.1, -0.05) is 38.5 Å². The molecule has 0 saturated heterocycles. The van der Waals surface area contributed by atoms with E-state index in [9.17, 15) is 4.79 Å². The van der Waals surface area contributed by atoms with Gasteiger partial charge in [-0.3, -0.25) is 4.79 Å². The number of rotatable bonds is 7. The zero-order valence-electron chi connectivity index (χ0n) is 14.9. The molecule has 2 aromatic rings. The predicted molar refractivity (Wildman–Crippen MR) is 98.4 cm³/mol. The Balaban J connectivity index is 2.11. The number of benzene rings is 1. The average molecular weight is 346 g/mol. The zero-order valence-corrected chi connectivity index (χ0v) is 15.7. The highest BCUT2D eigenvalue weighted by Gasteiger charge is 2.11. The fourth-order valence-electron chi connectivity index (χ4n) is 2.56. The molecule has 0 amide bonds. The Bertz CT molecular complexity index is 746. The van der Waals surface area contributed by atoms with Gasteiger partial charge in [-0.25, -0.2) is 4.99 Å². The van der Waals surface area contributed by atoms with Crippen molar-refractivity contribution in [1.82, 2.24) is 4.57 Å². The van der Waals surface area contributed by atoms with Crippen LogP contribution in [0.25, 0.3) is 0 Å². The number of carbonyl (C=O) groups is 1. The molecule has 24 heavy (non-hydrogen) atoms. The summed E-state index contributed by atoms with van der Waals surface area (Å²) in [5, 5.41) is 0. The number of hydrogen-bond donors (Lipinski definition) is 0. The minimum absolute atomic E-state index is 0.188. The molecule has 0 aliphatic carbocycles. The van der Waals surface area contributed by atoms with Crippen molar-refractivity contribution in [1.29, 1.82) is 0 Å². The maximum absolute atomic E-state index is 12.1. The molecular formula is C19H26N2O2S. The molecule has 0 spiro atoms. The van der Waals surface area contributed by atoms with Crippen LogP contribution < -0.4 is 4.80 Å². The van der Waals surface area contributed by atoms with Crippen molar-refractivity contribution >= 4 is 23.0 Å². The molecule has 1 atom stereocenters. The third-order valence-corrected chi connectivity index (χ3v) is 4.77. The van der Waals surface area contributed by atoms with Gasteiger partial charge in [0.2, 0.25) is 0 Å². The molecule has 1 aromatic heterocycles. The van der Waals surface area contributed by atoms with Crippen LogP contribution in [0.2, 0.25) is 0 Å². The maximum Gasteiger partial charge on any atom is 0.310 e. The summed E-state index contributed by atoms with van der Waals surface area (Å²) in [6.45, 7) is 6.80. The second-order valence-corrected chi connectivity index (χ2v) is 7.44. The van der Waals surface area contributed by atoms with Crippen molar-refractivity contribution in [3.05, 3.63) is 45.7 Å². The van der Waals surface area contributed by atoms with E-state index in [0.717, 1.165) is 28.9 Å². The van der Waals surface area contributed by atoms with E-state index in [2.05, 4.69) is 27.0 Å². The highest BCUT2D eigenvalue weighted by Crippen LogP contribution is 2.19. The van der Waals surface area contributed by atoms with Crippen molar-refractivity contribution in [2.75, 3.05) is 6.61 Å². The van der Waals surface area contributed by atoms with Gasteiger partial charge < -0.3 is 9.30 Å². The largest absolute Gasteiger partial charge is 0.465 e. The highest BCUT2D eigenvalue weighted by atomic mass is 32.1. The Morgan fingerprint density at radius 2 is 2.12 bits per heavy atom. The SMILES string of the molecule is CCCC(C)COC(=O)Cc1ccccc1N=c1sc(C)cn1C. The number of carbonyl (C=O) groups excluding carboxylic acids is 1. The summed E-state index contributed by atoms with van der Waals surface area (Å²) in [7, 11) is 1.98. The Hall–Kier alpha value is -1.88. The summed E-state index contributed by atoms with van der Waals surface area (Å²) >= 11 is 1.64. The zero-order chi connectivity index (χ0) is 17.5. The lowest BCUT2D eigenvalue weighted by Crippen LogP contribution is -2.14. The van der Waals surface area contributed by atoms with Gasteiger partial charge in [-0.2, -0.15) is 0 Å². The third-order valence-electron chi connectivity index (χ3n) is 3.78. The minimum atomic E-state index is -0.188. The number of aryl methyl sites for hydroxylation is 2. The highest BCUT2D eigenvalue weighted by molar-refractivity contribution is 7.09. The molecule has 1 heterocycles.